The standard InChI is InChI=1S/C26H23FN2O5S/c1-17-2-8-23-19(12-17)13-20(26(30)28-23)16-29(15-18-3-5-21(27)6-4-18)35(31,32)22-7-9-24-25(14-22)34-11-10-33-24/h2-9,12-14H,10-11,15-16H2,1H3,(H,28,30). The van der Waals surface area contributed by atoms with E-state index in [2.05, 4.69) is 4.98 Å². The normalized spacial score (nSPS) is 13.3. The molecular formula is C26H23FN2O5S. The van der Waals surface area contributed by atoms with Crippen LogP contribution >= 0.6 is 0 Å². The Morgan fingerprint density at radius 1 is 0.914 bits per heavy atom. The predicted molar refractivity (Wildman–Crippen MR) is 130 cm³/mol. The number of hydrogen-bond donors (Lipinski definition) is 1. The summed E-state index contributed by atoms with van der Waals surface area (Å²) in [7, 11) is -4.07. The molecule has 0 radical (unpaired) electrons. The molecule has 0 atom stereocenters. The van der Waals surface area contributed by atoms with Crippen molar-refractivity contribution in [1.82, 2.24) is 9.29 Å². The maximum atomic E-state index is 13.8. The molecule has 1 aliphatic rings. The second-order valence-electron chi connectivity index (χ2n) is 8.42. The summed E-state index contributed by atoms with van der Waals surface area (Å²) in [4.78, 5) is 15.7. The van der Waals surface area contributed by atoms with Gasteiger partial charge in [-0.15, -0.1) is 0 Å². The SMILES string of the molecule is Cc1ccc2[nH]c(=O)c(CN(Cc3ccc(F)cc3)S(=O)(=O)c3ccc4c(c3)OCCO4)cc2c1. The van der Waals surface area contributed by atoms with Gasteiger partial charge in [-0.25, -0.2) is 12.8 Å². The van der Waals surface area contributed by atoms with Crippen LogP contribution in [0.15, 0.2) is 76.4 Å². The minimum absolute atomic E-state index is 0.0110. The van der Waals surface area contributed by atoms with E-state index >= 15 is 0 Å². The van der Waals surface area contributed by atoms with Crippen LogP contribution in [0.3, 0.4) is 0 Å². The third-order valence-electron chi connectivity index (χ3n) is 5.85. The zero-order chi connectivity index (χ0) is 24.6. The molecule has 0 saturated heterocycles. The summed E-state index contributed by atoms with van der Waals surface area (Å²) in [5, 5.41) is 0.804. The highest BCUT2D eigenvalue weighted by Crippen LogP contribution is 2.34. The first-order valence-corrected chi connectivity index (χ1v) is 12.5. The van der Waals surface area contributed by atoms with E-state index < -0.39 is 15.8 Å². The van der Waals surface area contributed by atoms with E-state index in [1.165, 1.54) is 40.7 Å². The van der Waals surface area contributed by atoms with E-state index in [1.807, 2.05) is 25.1 Å². The van der Waals surface area contributed by atoms with Gasteiger partial charge in [0.15, 0.2) is 11.5 Å². The summed E-state index contributed by atoms with van der Waals surface area (Å²) in [5.74, 6) is 0.399. The van der Waals surface area contributed by atoms with Crippen LogP contribution < -0.4 is 15.0 Å². The van der Waals surface area contributed by atoms with Gasteiger partial charge in [0.25, 0.3) is 5.56 Å². The Morgan fingerprint density at radius 3 is 2.43 bits per heavy atom. The Kier molecular flexibility index (Phi) is 6.04. The van der Waals surface area contributed by atoms with Crippen molar-refractivity contribution in [2.75, 3.05) is 13.2 Å². The molecule has 0 aliphatic carbocycles. The van der Waals surface area contributed by atoms with Crippen molar-refractivity contribution in [2.24, 2.45) is 0 Å². The quantitative estimate of drug-likeness (QED) is 0.435. The number of H-pyrrole nitrogens is 1. The first kappa shape index (κ1) is 23.1. The molecule has 4 aromatic rings. The number of sulfonamides is 1. The van der Waals surface area contributed by atoms with Gasteiger partial charge >= 0.3 is 0 Å². The zero-order valence-electron chi connectivity index (χ0n) is 19.0. The third-order valence-corrected chi connectivity index (χ3v) is 7.63. The third kappa shape index (κ3) is 4.78. The van der Waals surface area contributed by atoms with Crippen LogP contribution in [0.4, 0.5) is 4.39 Å². The van der Waals surface area contributed by atoms with E-state index in [4.69, 9.17) is 9.47 Å². The summed E-state index contributed by atoms with van der Waals surface area (Å²) in [6, 6.07) is 17.4. The van der Waals surface area contributed by atoms with Crippen LogP contribution in [-0.2, 0) is 23.1 Å². The van der Waals surface area contributed by atoms with E-state index in [1.54, 1.807) is 12.1 Å². The van der Waals surface area contributed by atoms with Gasteiger partial charge in [0, 0.05) is 30.2 Å². The first-order valence-electron chi connectivity index (χ1n) is 11.1. The van der Waals surface area contributed by atoms with Gasteiger partial charge in [-0.1, -0.05) is 23.8 Å². The Morgan fingerprint density at radius 2 is 1.66 bits per heavy atom. The number of aromatic amines is 1. The molecule has 0 saturated carbocycles. The number of pyridine rings is 1. The largest absolute Gasteiger partial charge is 0.486 e. The summed E-state index contributed by atoms with van der Waals surface area (Å²) in [6.45, 7) is 2.43. The monoisotopic (exact) mass is 494 g/mol. The molecule has 35 heavy (non-hydrogen) atoms. The van der Waals surface area contributed by atoms with Crippen molar-refractivity contribution in [3.05, 3.63) is 99.6 Å². The molecule has 0 unspecified atom stereocenters. The number of nitrogens with zero attached hydrogens (tertiary/aromatic N) is 1. The van der Waals surface area contributed by atoms with Crippen LogP contribution in [-0.4, -0.2) is 30.9 Å². The maximum absolute atomic E-state index is 13.8. The fourth-order valence-corrected chi connectivity index (χ4v) is 5.45. The number of halogens is 1. The summed E-state index contributed by atoms with van der Waals surface area (Å²) < 4.78 is 53.3. The van der Waals surface area contributed by atoms with Crippen molar-refractivity contribution >= 4 is 20.9 Å². The average molecular weight is 495 g/mol. The number of rotatable bonds is 6. The molecule has 9 heteroatoms. The van der Waals surface area contributed by atoms with Gasteiger partial charge in [0.2, 0.25) is 10.0 Å². The van der Waals surface area contributed by atoms with Crippen LogP contribution in [0.25, 0.3) is 10.9 Å². The van der Waals surface area contributed by atoms with Gasteiger partial charge in [0.1, 0.15) is 19.0 Å². The number of aryl methyl sites for hydroxylation is 1. The molecule has 0 fully saturated rings. The summed E-state index contributed by atoms with van der Waals surface area (Å²) in [5.41, 5.74) is 2.20. The van der Waals surface area contributed by atoms with Crippen molar-refractivity contribution in [1.29, 1.82) is 0 Å². The smallest absolute Gasteiger partial charge is 0.252 e. The molecule has 7 nitrogen and oxygen atoms in total. The summed E-state index contributed by atoms with van der Waals surface area (Å²) >= 11 is 0. The molecule has 1 aliphatic heterocycles. The highest BCUT2D eigenvalue weighted by Gasteiger charge is 2.28. The first-order chi connectivity index (χ1) is 16.8. The second kappa shape index (κ2) is 9.16. The van der Waals surface area contributed by atoms with Gasteiger partial charge < -0.3 is 14.5 Å². The number of benzene rings is 3. The van der Waals surface area contributed by atoms with Crippen LogP contribution in [0.1, 0.15) is 16.7 Å². The molecule has 1 aromatic heterocycles. The minimum atomic E-state index is -4.07. The lowest BCUT2D eigenvalue weighted by Crippen LogP contribution is -2.32. The fourth-order valence-electron chi connectivity index (χ4n) is 4.03. The highest BCUT2D eigenvalue weighted by molar-refractivity contribution is 7.89. The Balaban J connectivity index is 1.56. The number of ether oxygens (including phenoxy) is 2. The Labute approximate surface area is 201 Å². The lowest BCUT2D eigenvalue weighted by molar-refractivity contribution is 0.171. The van der Waals surface area contributed by atoms with Gasteiger partial charge in [-0.2, -0.15) is 4.31 Å². The molecule has 180 valence electrons. The van der Waals surface area contributed by atoms with Gasteiger partial charge in [-0.05, 0) is 60.3 Å². The van der Waals surface area contributed by atoms with Crippen molar-refractivity contribution in [3.8, 4) is 11.5 Å². The molecule has 3 aromatic carbocycles. The number of aromatic nitrogens is 1. The molecule has 1 N–H and O–H groups in total. The fraction of sp³-hybridized carbons (Fsp3) is 0.192. The van der Waals surface area contributed by atoms with Crippen LogP contribution in [0.5, 0.6) is 11.5 Å². The topological polar surface area (TPSA) is 88.7 Å². The lowest BCUT2D eigenvalue weighted by Gasteiger charge is -2.24. The van der Waals surface area contributed by atoms with Gasteiger partial charge in [-0.3, -0.25) is 4.79 Å². The maximum Gasteiger partial charge on any atom is 0.252 e. The molecule has 5 rings (SSSR count). The molecule has 0 spiro atoms. The van der Waals surface area contributed by atoms with Crippen molar-refractivity contribution < 1.29 is 22.3 Å². The van der Waals surface area contributed by atoms with E-state index in [0.29, 0.717) is 41.4 Å². The second-order valence-corrected chi connectivity index (χ2v) is 10.4. The predicted octanol–water partition coefficient (Wildman–Crippen LogP) is 4.14. The zero-order valence-corrected chi connectivity index (χ0v) is 19.8. The minimum Gasteiger partial charge on any atom is -0.486 e. The molecule has 0 bridgehead atoms. The highest BCUT2D eigenvalue weighted by atomic mass is 32.2. The Bertz CT molecular complexity index is 1570. The molecule has 0 amide bonds. The average Bonchev–Trinajstić information content (AvgIpc) is 2.85. The number of fused-ring (bicyclic) bond motifs is 2. The van der Waals surface area contributed by atoms with E-state index in [-0.39, 0.29) is 23.5 Å². The summed E-state index contributed by atoms with van der Waals surface area (Å²) in [6.07, 6.45) is 0. The number of nitrogens with one attached hydrogen (secondary N) is 1. The Hall–Kier alpha value is -3.69. The number of hydrogen-bond acceptors (Lipinski definition) is 5. The van der Waals surface area contributed by atoms with Gasteiger partial charge in [0.05, 0.1) is 4.90 Å². The van der Waals surface area contributed by atoms with Crippen molar-refractivity contribution in [2.45, 2.75) is 24.9 Å². The van der Waals surface area contributed by atoms with Crippen LogP contribution in [0, 0.1) is 12.7 Å². The van der Waals surface area contributed by atoms with E-state index in [0.717, 1.165) is 10.9 Å². The lowest BCUT2D eigenvalue weighted by atomic mass is 10.1. The molecular weight excluding hydrogens is 471 g/mol. The van der Waals surface area contributed by atoms with Crippen molar-refractivity contribution in [3.63, 3.8) is 0 Å². The molecule has 2 heterocycles. The van der Waals surface area contributed by atoms with E-state index in [9.17, 15) is 17.6 Å². The van der Waals surface area contributed by atoms with Crippen LogP contribution in [0.2, 0.25) is 0 Å².